The van der Waals surface area contributed by atoms with Crippen LogP contribution in [0.3, 0.4) is 0 Å². The molecule has 6 heteroatoms. The van der Waals surface area contributed by atoms with Crippen molar-refractivity contribution in [3.8, 4) is 11.4 Å². The lowest BCUT2D eigenvalue weighted by Crippen LogP contribution is -2.48. The molecule has 0 unspecified atom stereocenters. The van der Waals surface area contributed by atoms with Gasteiger partial charge in [0.1, 0.15) is 5.82 Å². The minimum atomic E-state index is -0.254. The summed E-state index contributed by atoms with van der Waals surface area (Å²) in [7, 11) is 0. The Labute approximate surface area is 170 Å². The van der Waals surface area contributed by atoms with E-state index in [1.807, 2.05) is 23.1 Å². The van der Waals surface area contributed by atoms with Gasteiger partial charge in [-0.25, -0.2) is 4.39 Å². The first-order valence-electron chi connectivity index (χ1n) is 10.4. The summed E-state index contributed by atoms with van der Waals surface area (Å²) in [6.45, 7) is 6.71. The Balaban J connectivity index is 1.49. The van der Waals surface area contributed by atoms with Crippen LogP contribution < -0.4 is 0 Å². The van der Waals surface area contributed by atoms with Gasteiger partial charge in [0.15, 0.2) is 0 Å². The molecule has 1 aliphatic heterocycles. The standard InChI is InChI=1S/C23H27FN4O/c1-2-27-12-14-28(15-13-27)22(29)8-5-6-18-19-16-17(24)9-10-20(19)26-23(18)21-7-3-4-11-25-21/h3-4,7,9-11,16,26H,2,5-6,8,12-15H2,1H3. The molecule has 3 aromatic rings. The number of aryl methyl sites for hydroxylation is 1. The van der Waals surface area contributed by atoms with Crippen molar-refractivity contribution in [2.75, 3.05) is 32.7 Å². The number of hydrogen-bond donors (Lipinski definition) is 1. The second-order valence-electron chi connectivity index (χ2n) is 7.55. The summed E-state index contributed by atoms with van der Waals surface area (Å²) >= 11 is 0. The molecule has 1 N–H and O–H groups in total. The van der Waals surface area contributed by atoms with Crippen molar-refractivity contribution in [3.05, 3.63) is 54.0 Å². The van der Waals surface area contributed by atoms with Gasteiger partial charge in [-0.05, 0) is 55.3 Å². The predicted octanol–water partition coefficient (Wildman–Crippen LogP) is 3.86. The predicted molar refractivity (Wildman–Crippen MR) is 113 cm³/mol. The maximum Gasteiger partial charge on any atom is 0.222 e. The zero-order valence-corrected chi connectivity index (χ0v) is 16.8. The molecule has 29 heavy (non-hydrogen) atoms. The van der Waals surface area contributed by atoms with Gasteiger partial charge in [-0.2, -0.15) is 0 Å². The number of aromatic nitrogens is 2. The summed E-state index contributed by atoms with van der Waals surface area (Å²) in [5.41, 5.74) is 3.67. The Kier molecular flexibility index (Phi) is 5.90. The largest absolute Gasteiger partial charge is 0.353 e. The number of likely N-dealkylation sites (N-methyl/N-ethyl adjacent to an activating group) is 1. The van der Waals surface area contributed by atoms with Crippen molar-refractivity contribution in [3.63, 3.8) is 0 Å². The zero-order chi connectivity index (χ0) is 20.2. The van der Waals surface area contributed by atoms with Gasteiger partial charge in [0.25, 0.3) is 0 Å². The van der Waals surface area contributed by atoms with Gasteiger partial charge in [-0.3, -0.25) is 9.78 Å². The van der Waals surface area contributed by atoms with E-state index in [9.17, 15) is 9.18 Å². The van der Waals surface area contributed by atoms with Crippen LogP contribution in [0.1, 0.15) is 25.3 Å². The number of pyridine rings is 1. The maximum absolute atomic E-state index is 13.9. The molecule has 1 aliphatic rings. The molecule has 0 radical (unpaired) electrons. The number of nitrogens with one attached hydrogen (secondary N) is 1. The van der Waals surface area contributed by atoms with Crippen LogP contribution in [0, 0.1) is 5.82 Å². The van der Waals surface area contributed by atoms with Gasteiger partial charge in [0, 0.05) is 49.7 Å². The Morgan fingerprint density at radius 3 is 2.72 bits per heavy atom. The monoisotopic (exact) mass is 394 g/mol. The highest BCUT2D eigenvalue weighted by molar-refractivity contribution is 5.90. The number of aromatic amines is 1. The fourth-order valence-corrected chi connectivity index (χ4v) is 4.10. The summed E-state index contributed by atoms with van der Waals surface area (Å²) in [6.07, 6.45) is 3.70. The number of rotatable bonds is 6. The lowest BCUT2D eigenvalue weighted by atomic mass is 10.0. The molecule has 0 spiro atoms. The molecule has 0 bridgehead atoms. The molecule has 5 nitrogen and oxygen atoms in total. The average molecular weight is 394 g/mol. The molecular formula is C23H27FN4O. The average Bonchev–Trinajstić information content (AvgIpc) is 3.12. The van der Waals surface area contributed by atoms with Crippen LogP contribution >= 0.6 is 0 Å². The van der Waals surface area contributed by atoms with Crippen LogP contribution in [0.15, 0.2) is 42.6 Å². The molecule has 152 valence electrons. The molecule has 4 rings (SSSR count). The number of carbonyl (C=O) groups is 1. The molecule has 0 aliphatic carbocycles. The van der Waals surface area contributed by atoms with E-state index in [-0.39, 0.29) is 11.7 Å². The molecule has 2 aromatic heterocycles. The Morgan fingerprint density at radius 1 is 1.17 bits per heavy atom. The molecule has 1 amide bonds. The number of hydrogen-bond acceptors (Lipinski definition) is 3. The summed E-state index contributed by atoms with van der Waals surface area (Å²) in [4.78, 5) is 24.8. The van der Waals surface area contributed by atoms with Crippen molar-refractivity contribution in [2.45, 2.75) is 26.2 Å². The van der Waals surface area contributed by atoms with Crippen molar-refractivity contribution >= 4 is 16.8 Å². The number of H-pyrrole nitrogens is 1. The Morgan fingerprint density at radius 2 is 2.00 bits per heavy atom. The van der Waals surface area contributed by atoms with Crippen LogP contribution in [-0.4, -0.2) is 58.4 Å². The lowest BCUT2D eigenvalue weighted by Gasteiger charge is -2.34. The van der Waals surface area contributed by atoms with Crippen LogP contribution in [0.2, 0.25) is 0 Å². The third-order valence-electron chi connectivity index (χ3n) is 5.78. The van der Waals surface area contributed by atoms with Gasteiger partial charge in [-0.1, -0.05) is 13.0 Å². The molecule has 0 atom stereocenters. The van der Waals surface area contributed by atoms with Gasteiger partial charge in [0.05, 0.1) is 11.4 Å². The quantitative estimate of drug-likeness (QED) is 0.691. The summed E-state index contributed by atoms with van der Waals surface area (Å²) in [6, 6.07) is 10.6. The van der Waals surface area contributed by atoms with Crippen LogP contribution in [0.5, 0.6) is 0 Å². The van der Waals surface area contributed by atoms with Crippen molar-refractivity contribution in [2.24, 2.45) is 0 Å². The summed E-state index contributed by atoms with van der Waals surface area (Å²) in [5.74, 6) is -0.0404. The molecule has 0 saturated carbocycles. The molecule has 1 saturated heterocycles. The van der Waals surface area contributed by atoms with E-state index < -0.39 is 0 Å². The first kappa shape index (κ1) is 19.6. The van der Waals surface area contributed by atoms with E-state index in [2.05, 4.69) is 21.8 Å². The van der Waals surface area contributed by atoms with E-state index in [4.69, 9.17) is 0 Å². The number of carbonyl (C=O) groups excluding carboxylic acids is 1. The highest BCUT2D eigenvalue weighted by atomic mass is 19.1. The number of piperazine rings is 1. The topological polar surface area (TPSA) is 52.2 Å². The SMILES string of the molecule is CCN1CCN(C(=O)CCCc2c(-c3ccccn3)[nH]c3ccc(F)cc23)CC1. The van der Waals surface area contributed by atoms with Crippen LogP contribution in [-0.2, 0) is 11.2 Å². The van der Waals surface area contributed by atoms with E-state index in [0.717, 1.165) is 67.0 Å². The number of benzene rings is 1. The minimum absolute atomic E-state index is 0.214. The fraction of sp³-hybridized carbons (Fsp3) is 0.391. The smallest absolute Gasteiger partial charge is 0.222 e. The molecule has 1 aromatic carbocycles. The van der Waals surface area contributed by atoms with E-state index >= 15 is 0 Å². The second kappa shape index (κ2) is 8.74. The van der Waals surface area contributed by atoms with Crippen LogP contribution in [0.4, 0.5) is 4.39 Å². The molecule has 3 heterocycles. The summed E-state index contributed by atoms with van der Waals surface area (Å²) < 4.78 is 13.9. The number of halogens is 1. The van der Waals surface area contributed by atoms with Crippen molar-refractivity contribution in [1.29, 1.82) is 0 Å². The van der Waals surface area contributed by atoms with E-state index in [1.165, 1.54) is 6.07 Å². The highest BCUT2D eigenvalue weighted by Crippen LogP contribution is 2.31. The highest BCUT2D eigenvalue weighted by Gasteiger charge is 2.20. The maximum atomic E-state index is 13.9. The zero-order valence-electron chi connectivity index (χ0n) is 16.8. The lowest BCUT2D eigenvalue weighted by molar-refractivity contribution is -0.133. The minimum Gasteiger partial charge on any atom is -0.353 e. The van der Waals surface area contributed by atoms with E-state index in [1.54, 1.807) is 18.3 Å². The molecule has 1 fully saturated rings. The normalized spacial score (nSPS) is 15.2. The number of amides is 1. The second-order valence-corrected chi connectivity index (χ2v) is 7.55. The molecular weight excluding hydrogens is 367 g/mol. The number of fused-ring (bicyclic) bond motifs is 1. The van der Waals surface area contributed by atoms with Gasteiger partial charge >= 0.3 is 0 Å². The van der Waals surface area contributed by atoms with Crippen LogP contribution in [0.25, 0.3) is 22.3 Å². The van der Waals surface area contributed by atoms with Crippen molar-refractivity contribution in [1.82, 2.24) is 19.8 Å². The van der Waals surface area contributed by atoms with E-state index in [0.29, 0.717) is 12.8 Å². The Bertz CT molecular complexity index is 977. The third-order valence-corrected chi connectivity index (χ3v) is 5.78. The third kappa shape index (κ3) is 4.32. The van der Waals surface area contributed by atoms with Gasteiger partial charge < -0.3 is 14.8 Å². The fourth-order valence-electron chi connectivity index (χ4n) is 4.10. The van der Waals surface area contributed by atoms with Gasteiger partial charge in [0.2, 0.25) is 5.91 Å². The Hall–Kier alpha value is -2.73. The summed E-state index contributed by atoms with van der Waals surface area (Å²) in [5, 5.41) is 0.870. The van der Waals surface area contributed by atoms with Gasteiger partial charge in [-0.15, -0.1) is 0 Å². The first-order chi connectivity index (χ1) is 14.2. The number of nitrogens with zero attached hydrogens (tertiary/aromatic N) is 3. The first-order valence-corrected chi connectivity index (χ1v) is 10.4. The van der Waals surface area contributed by atoms with Crippen molar-refractivity contribution < 1.29 is 9.18 Å².